The van der Waals surface area contributed by atoms with Crippen LogP contribution in [0.2, 0.25) is 0 Å². The van der Waals surface area contributed by atoms with Crippen molar-refractivity contribution in [1.29, 1.82) is 0 Å². The number of nitrogens with zero attached hydrogens (tertiary/aromatic N) is 1. The van der Waals surface area contributed by atoms with Gasteiger partial charge in [-0.3, -0.25) is 9.59 Å². The van der Waals surface area contributed by atoms with Crippen molar-refractivity contribution in [1.82, 2.24) is 4.90 Å². The summed E-state index contributed by atoms with van der Waals surface area (Å²) in [4.78, 5) is 25.9. The Morgan fingerprint density at radius 2 is 2.17 bits per heavy atom. The highest BCUT2D eigenvalue weighted by Gasteiger charge is 2.32. The minimum Gasteiger partial charge on any atom is -0.334 e. The zero-order chi connectivity index (χ0) is 16.6. The number of halogens is 1. The number of benzene rings is 1. The van der Waals surface area contributed by atoms with E-state index in [0.29, 0.717) is 25.1 Å². The number of rotatable bonds is 2. The summed E-state index contributed by atoms with van der Waals surface area (Å²) >= 11 is 0. The molecule has 3 N–H and O–H groups in total. The van der Waals surface area contributed by atoms with Crippen molar-refractivity contribution in [2.24, 2.45) is 5.73 Å². The molecule has 0 aliphatic carbocycles. The summed E-state index contributed by atoms with van der Waals surface area (Å²) in [7, 11) is 0. The number of amides is 2. The lowest BCUT2D eigenvalue weighted by atomic mass is 9.94. The highest BCUT2D eigenvalue weighted by Crippen LogP contribution is 2.28. The van der Waals surface area contributed by atoms with Gasteiger partial charge in [0.2, 0.25) is 5.91 Å². The van der Waals surface area contributed by atoms with Crippen molar-refractivity contribution >= 4 is 17.5 Å². The number of piperidine rings is 1. The van der Waals surface area contributed by atoms with Crippen LogP contribution in [0.25, 0.3) is 0 Å². The maximum atomic E-state index is 14.4. The third-order valence-corrected chi connectivity index (χ3v) is 4.74. The van der Waals surface area contributed by atoms with E-state index in [-0.39, 0.29) is 29.5 Å². The van der Waals surface area contributed by atoms with Gasteiger partial charge in [0.1, 0.15) is 5.82 Å². The number of likely N-dealkylation sites (tertiary alicyclic amines) is 1. The van der Waals surface area contributed by atoms with E-state index in [4.69, 9.17) is 5.73 Å². The molecule has 0 bridgehead atoms. The van der Waals surface area contributed by atoms with E-state index in [0.717, 1.165) is 24.8 Å². The van der Waals surface area contributed by atoms with Crippen LogP contribution in [0.15, 0.2) is 12.1 Å². The van der Waals surface area contributed by atoms with Gasteiger partial charge >= 0.3 is 0 Å². The first-order chi connectivity index (χ1) is 11.0. The number of nitrogens with one attached hydrogen (secondary N) is 1. The van der Waals surface area contributed by atoms with Crippen LogP contribution in [0.3, 0.4) is 0 Å². The van der Waals surface area contributed by atoms with Crippen molar-refractivity contribution in [3.63, 3.8) is 0 Å². The first kappa shape index (κ1) is 15.9. The highest BCUT2D eigenvalue weighted by atomic mass is 19.1. The number of hydrogen-bond acceptors (Lipinski definition) is 3. The van der Waals surface area contributed by atoms with Gasteiger partial charge in [-0.05, 0) is 50.3 Å². The minimum absolute atomic E-state index is 0.0496. The molecule has 1 fully saturated rings. The molecule has 0 saturated carbocycles. The molecule has 124 valence electrons. The lowest BCUT2D eigenvalue weighted by molar-refractivity contribution is -0.116. The van der Waals surface area contributed by atoms with Gasteiger partial charge in [0, 0.05) is 30.7 Å². The first-order valence-electron chi connectivity index (χ1n) is 8.16. The van der Waals surface area contributed by atoms with Crippen LogP contribution >= 0.6 is 0 Å². The molecule has 5 nitrogen and oxygen atoms in total. The largest absolute Gasteiger partial charge is 0.334 e. The molecule has 2 aliphatic heterocycles. The molecule has 2 aliphatic rings. The smallest absolute Gasteiger partial charge is 0.257 e. The quantitative estimate of drug-likeness (QED) is 0.876. The molecule has 2 unspecified atom stereocenters. The number of anilines is 1. The predicted molar refractivity (Wildman–Crippen MR) is 85.7 cm³/mol. The predicted octanol–water partition coefficient (Wildman–Crippen LogP) is 2.05. The van der Waals surface area contributed by atoms with E-state index < -0.39 is 5.82 Å². The maximum Gasteiger partial charge on any atom is 0.257 e. The Labute approximate surface area is 135 Å². The molecule has 2 atom stereocenters. The molecule has 2 heterocycles. The number of carbonyl (C=O) groups is 2. The highest BCUT2D eigenvalue weighted by molar-refractivity contribution is 5.98. The Morgan fingerprint density at radius 3 is 2.91 bits per heavy atom. The van der Waals surface area contributed by atoms with Crippen LogP contribution in [0, 0.1) is 5.82 Å². The Kier molecular flexibility index (Phi) is 4.35. The molecule has 1 aromatic carbocycles. The second kappa shape index (κ2) is 6.28. The zero-order valence-corrected chi connectivity index (χ0v) is 13.3. The van der Waals surface area contributed by atoms with Crippen LogP contribution in [0.1, 0.15) is 48.5 Å². The van der Waals surface area contributed by atoms with Crippen LogP contribution in [-0.4, -0.2) is 35.3 Å². The van der Waals surface area contributed by atoms with Crippen LogP contribution < -0.4 is 11.1 Å². The SMILES string of the molecule is CC(N)C1CCCCN1C(=O)c1cc2c(cc1F)NC(=O)CC2. The number of fused-ring (bicyclic) bond motifs is 1. The molecule has 1 aromatic rings. The van der Waals surface area contributed by atoms with E-state index in [1.54, 1.807) is 11.0 Å². The summed E-state index contributed by atoms with van der Waals surface area (Å²) in [5, 5.41) is 2.65. The van der Waals surface area contributed by atoms with Gasteiger partial charge in [0.25, 0.3) is 5.91 Å². The monoisotopic (exact) mass is 319 g/mol. The molecule has 0 aromatic heterocycles. The Balaban J connectivity index is 1.91. The van der Waals surface area contributed by atoms with E-state index >= 15 is 0 Å². The molecule has 0 spiro atoms. The van der Waals surface area contributed by atoms with Crippen LogP contribution in [0.5, 0.6) is 0 Å². The summed E-state index contributed by atoms with van der Waals surface area (Å²) < 4.78 is 14.4. The number of hydrogen-bond donors (Lipinski definition) is 2. The Bertz CT molecular complexity index is 645. The average Bonchev–Trinajstić information content (AvgIpc) is 2.53. The number of aryl methyl sites for hydroxylation is 1. The normalized spacial score (nSPS) is 22.3. The molecule has 6 heteroatoms. The lowest BCUT2D eigenvalue weighted by Crippen LogP contribution is -2.51. The van der Waals surface area contributed by atoms with Gasteiger partial charge in [0.15, 0.2) is 0 Å². The summed E-state index contributed by atoms with van der Waals surface area (Å²) in [6, 6.07) is 2.65. The van der Waals surface area contributed by atoms with E-state index in [2.05, 4.69) is 5.32 Å². The Hall–Kier alpha value is -1.95. The van der Waals surface area contributed by atoms with Gasteiger partial charge in [-0.1, -0.05) is 0 Å². The standard InChI is InChI=1S/C17H22FN3O2/c1-10(19)15-4-2-3-7-21(15)17(23)12-8-11-5-6-16(22)20-14(11)9-13(12)18/h8-10,15H,2-7,19H2,1H3,(H,20,22). The topological polar surface area (TPSA) is 75.4 Å². The van der Waals surface area contributed by atoms with Gasteiger partial charge in [-0.2, -0.15) is 0 Å². The van der Waals surface area contributed by atoms with Gasteiger partial charge in [-0.25, -0.2) is 4.39 Å². The summed E-state index contributed by atoms with van der Waals surface area (Å²) in [5.74, 6) is -1.02. The molecule has 23 heavy (non-hydrogen) atoms. The van der Waals surface area contributed by atoms with Crippen LogP contribution in [-0.2, 0) is 11.2 Å². The summed E-state index contributed by atoms with van der Waals surface area (Å²) in [6.07, 6.45) is 3.69. The van der Waals surface area contributed by atoms with Crippen molar-refractivity contribution in [2.45, 2.75) is 51.1 Å². The lowest BCUT2D eigenvalue weighted by Gasteiger charge is -2.38. The fraction of sp³-hybridized carbons (Fsp3) is 0.529. The average molecular weight is 319 g/mol. The third-order valence-electron chi connectivity index (χ3n) is 4.74. The fourth-order valence-corrected chi connectivity index (χ4v) is 3.48. The van der Waals surface area contributed by atoms with Crippen molar-refractivity contribution in [3.8, 4) is 0 Å². The molecule has 3 rings (SSSR count). The van der Waals surface area contributed by atoms with Gasteiger partial charge in [0.05, 0.1) is 5.56 Å². The molecule has 0 radical (unpaired) electrons. The minimum atomic E-state index is -0.593. The van der Waals surface area contributed by atoms with E-state index in [9.17, 15) is 14.0 Å². The second-order valence-electron chi connectivity index (χ2n) is 6.46. The van der Waals surface area contributed by atoms with Crippen LogP contribution in [0.4, 0.5) is 10.1 Å². The number of nitrogens with two attached hydrogens (primary N) is 1. The molecule has 2 amide bonds. The first-order valence-corrected chi connectivity index (χ1v) is 8.16. The van der Waals surface area contributed by atoms with Gasteiger partial charge in [-0.15, -0.1) is 0 Å². The van der Waals surface area contributed by atoms with Crippen molar-refractivity contribution in [3.05, 3.63) is 29.1 Å². The fourth-order valence-electron chi connectivity index (χ4n) is 3.48. The molecular weight excluding hydrogens is 297 g/mol. The zero-order valence-electron chi connectivity index (χ0n) is 13.3. The van der Waals surface area contributed by atoms with E-state index in [1.165, 1.54) is 6.07 Å². The third kappa shape index (κ3) is 3.08. The summed E-state index contributed by atoms with van der Waals surface area (Å²) in [6.45, 7) is 2.49. The van der Waals surface area contributed by atoms with Crippen molar-refractivity contribution < 1.29 is 14.0 Å². The second-order valence-corrected chi connectivity index (χ2v) is 6.46. The maximum absolute atomic E-state index is 14.4. The Morgan fingerprint density at radius 1 is 1.39 bits per heavy atom. The number of carbonyl (C=O) groups excluding carboxylic acids is 2. The van der Waals surface area contributed by atoms with Gasteiger partial charge < -0.3 is 16.0 Å². The summed E-state index contributed by atoms with van der Waals surface area (Å²) in [5.41, 5.74) is 7.36. The molecule has 1 saturated heterocycles. The van der Waals surface area contributed by atoms with Crippen molar-refractivity contribution in [2.75, 3.05) is 11.9 Å². The van der Waals surface area contributed by atoms with E-state index in [1.807, 2.05) is 6.92 Å². The molecular formula is C17H22FN3O2.